The first-order valence-corrected chi connectivity index (χ1v) is 14.1. The molecule has 12 heteroatoms. The summed E-state index contributed by atoms with van der Waals surface area (Å²) in [6.07, 6.45) is 0.526. The van der Waals surface area contributed by atoms with E-state index in [9.17, 15) is 22.8 Å². The van der Waals surface area contributed by atoms with Crippen LogP contribution in [0.1, 0.15) is 72.3 Å². The molecule has 0 spiro atoms. The molecule has 1 aliphatic carbocycles. The molecule has 0 saturated heterocycles. The van der Waals surface area contributed by atoms with Gasteiger partial charge in [-0.3, -0.25) is 4.79 Å². The predicted octanol–water partition coefficient (Wildman–Crippen LogP) is 7.97. The molecule has 1 atom stereocenters. The molecule has 1 unspecified atom stereocenters. The molecule has 1 saturated carbocycles. The molecule has 0 bridgehead atoms. The lowest BCUT2D eigenvalue weighted by atomic mass is 9.87. The van der Waals surface area contributed by atoms with Crippen molar-refractivity contribution in [2.75, 3.05) is 17.3 Å². The van der Waals surface area contributed by atoms with Crippen molar-refractivity contribution in [3.8, 4) is 11.6 Å². The van der Waals surface area contributed by atoms with E-state index in [4.69, 9.17) is 9.47 Å². The van der Waals surface area contributed by atoms with Gasteiger partial charge in [0.25, 0.3) is 0 Å². The summed E-state index contributed by atoms with van der Waals surface area (Å²) in [4.78, 5) is 30.8. The largest absolute Gasteiger partial charge is 0.465 e. The van der Waals surface area contributed by atoms with Crippen LogP contribution >= 0.6 is 31.9 Å². The summed E-state index contributed by atoms with van der Waals surface area (Å²) < 4.78 is 67.0. The Hall–Kier alpha value is -2.21. The average molecular weight is 668 g/mol. The Balaban J connectivity index is 2.09. The van der Waals surface area contributed by atoms with E-state index in [0.717, 1.165) is 44.6 Å². The average Bonchev–Trinajstić information content (AvgIpc) is 2.89. The van der Waals surface area contributed by atoms with Gasteiger partial charge in [0, 0.05) is 35.6 Å². The smallest absolute Gasteiger partial charge is 0.421 e. The van der Waals surface area contributed by atoms with Gasteiger partial charge in [-0.05, 0) is 38.3 Å². The van der Waals surface area contributed by atoms with Gasteiger partial charge in [-0.1, -0.05) is 51.1 Å². The number of hydrogen-bond acceptors (Lipinski definition) is 5. The van der Waals surface area contributed by atoms with Crippen LogP contribution in [-0.4, -0.2) is 35.3 Å². The minimum atomic E-state index is -4.85. The van der Waals surface area contributed by atoms with Gasteiger partial charge in [-0.15, -0.1) is 0 Å². The van der Waals surface area contributed by atoms with Crippen molar-refractivity contribution in [3.05, 3.63) is 46.9 Å². The molecule has 1 fully saturated rings. The molecule has 1 aromatic carbocycles. The van der Waals surface area contributed by atoms with Crippen molar-refractivity contribution in [2.45, 2.75) is 63.0 Å². The number of carbonyl (C=O) groups excluding carboxylic acids is 2. The number of benzene rings is 1. The first-order valence-electron chi connectivity index (χ1n) is 12.1. The van der Waals surface area contributed by atoms with Crippen molar-refractivity contribution in [1.82, 2.24) is 4.98 Å². The van der Waals surface area contributed by atoms with Gasteiger partial charge in [0.1, 0.15) is 5.56 Å². The number of amides is 1. The van der Waals surface area contributed by atoms with Crippen LogP contribution in [0.4, 0.5) is 23.2 Å². The van der Waals surface area contributed by atoms with Crippen LogP contribution in [0.15, 0.2) is 24.4 Å². The van der Waals surface area contributed by atoms with Gasteiger partial charge < -0.3 is 14.4 Å². The highest BCUT2D eigenvalue weighted by molar-refractivity contribution is 9.12. The summed E-state index contributed by atoms with van der Waals surface area (Å²) in [7, 11) is 1.11. The molecule has 3 rings (SSSR count). The van der Waals surface area contributed by atoms with Crippen molar-refractivity contribution in [2.24, 2.45) is 5.92 Å². The first kappa shape index (κ1) is 30.3. The van der Waals surface area contributed by atoms with E-state index < -0.39 is 46.0 Å². The van der Waals surface area contributed by atoms with E-state index in [0.29, 0.717) is 18.2 Å². The summed E-state index contributed by atoms with van der Waals surface area (Å²) in [5.74, 6) is -4.02. The fourth-order valence-electron chi connectivity index (χ4n) is 4.41. The van der Waals surface area contributed by atoms with Crippen LogP contribution in [0, 0.1) is 11.7 Å². The number of ether oxygens (including phenoxy) is 2. The Bertz CT molecular complexity index is 1170. The maximum atomic E-state index is 15.4. The molecule has 1 aliphatic rings. The molecule has 0 aliphatic heterocycles. The molecule has 1 amide bonds. The highest BCUT2D eigenvalue weighted by Gasteiger charge is 2.37. The van der Waals surface area contributed by atoms with Gasteiger partial charge in [0.2, 0.25) is 11.8 Å². The van der Waals surface area contributed by atoms with Gasteiger partial charge in [-0.2, -0.15) is 13.2 Å². The van der Waals surface area contributed by atoms with Gasteiger partial charge in [-0.25, -0.2) is 14.2 Å². The third kappa shape index (κ3) is 6.86. The first-order chi connectivity index (χ1) is 17.9. The molecule has 2 aromatic rings. The van der Waals surface area contributed by atoms with Gasteiger partial charge in [0.15, 0.2) is 11.6 Å². The minimum Gasteiger partial charge on any atom is -0.465 e. The topological polar surface area (TPSA) is 68.7 Å². The SMILES string of the molecule is COC(=O)c1cc(Oc2ncc(C(Br)CBr)cc2C(F)(F)F)c(F)cc1N(C(=O)C1CCCCC1)C(C)C. The molecule has 0 radical (unpaired) electrons. The lowest BCUT2D eigenvalue weighted by molar-refractivity contribution is -0.139. The zero-order valence-electron chi connectivity index (χ0n) is 21.1. The second-order valence-corrected chi connectivity index (χ2v) is 11.0. The Morgan fingerprint density at radius 1 is 1.16 bits per heavy atom. The maximum absolute atomic E-state index is 15.4. The Kier molecular flexibility index (Phi) is 10.2. The number of carbonyl (C=O) groups is 2. The van der Waals surface area contributed by atoms with Crippen molar-refractivity contribution < 1.29 is 36.6 Å². The van der Waals surface area contributed by atoms with Crippen LogP contribution in [0.3, 0.4) is 0 Å². The third-order valence-corrected chi connectivity index (χ3v) is 8.67. The van der Waals surface area contributed by atoms with Gasteiger partial charge in [0.05, 0.1) is 23.2 Å². The molecule has 0 N–H and O–H groups in total. The van der Waals surface area contributed by atoms with Crippen LogP contribution in [0.2, 0.25) is 0 Å². The maximum Gasteiger partial charge on any atom is 0.421 e. The zero-order chi connectivity index (χ0) is 28.2. The predicted molar refractivity (Wildman–Crippen MR) is 142 cm³/mol. The molecular weight excluding hydrogens is 640 g/mol. The summed E-state index contributed by atoms with van der Waals surface area (Å²) in [6.45, 7) is 3.46. The number of anilines is 1. The highest BCUT2D eigenvalue weighted by atomic mass is 79.9. The number of rotatable bonds is 8. The minimum absolute atomic E-state index is 0.0360. The number of halogens is 6. The highest BCUT2D eigenvalue weighted by Crippen LogP contribution is 2.41. The Labute approximate surface area is 235 Å². The summed E-state index contributed by atoms with van der Waals surface area (Å²) >= 11 is 6.45. The summed E-state index contributed by atoms with van der Waals surface area (Å²) in [5.41, 5.74) is -1.22. The summed E-state index contributed by atoms with van der Waals surface area (Å²) in [6, 6.07) is 2.29. The standard InChI is InChI=1S/C26H28Br2F4N2O4/c1-14(2)34(24(35)15-7-5-4-6-8-15)21-11-20(29)22(10-17(21)25(36)37-3)38-23-18(26(30,31)32)9-16(13-33-23)19(28)12-27/h9-11,13-15,19H,4-8,12H2,1-3H3. The fourth-order valence-corrected chi connectivity index (χ4v) is 5.03. The van der Waals surface area contributed by atoms with Crippen LogP contribution in [0.25, 0.3) is 0 Å². The molecule has 208 valence electrons. The van der Waals surface area contributed by atoms with Gasteiger partial charge >= 0.3 is 12.1 Å². The molecular formula is C26H28Br2F4N2O4. The second-order valence-electron chi connectivity index (χ2n) is 9.27. The number of hydrogen-bond donors (Lipinski definition) is 0. The number of aromatic nitrogens is 1. The van der Waals surface area contributed by atoms with Crippen LogP contribution in [-0.2, 0) is 15.7 Å². The van der Waals surface area contributed by atoms with E-state index in [1.54, 1.807) is 13.8 Å². The van der Waals surface area contributed by atoms with Crippen molar-refractivity contribution in [3.63, 3.8) is 0 Å². The van der Waals surface area contributed by atoms with Crippen LogP contribution in [0.5, 0.6) is 11.6 Å². The monoisotopic (exact) mass is 666 g/mol. The molecule has 1 heterocycles. The number of nitrogens with zero attached hydrogens (tertiary/aromatic N) is 2. The van der Waals surface area contributed by atoms with E-state index in [1.165, 1.54) is 11.1 Å². The molecule has 1 aromatic heterocycles. The lowest BCUT2D eigenvalue weighted by Crippen LogP contribution is -2.42. The quantitative estimate of drug-likeness (QED) is 0.162. The lowest BCUT2D eigenvalue weighted by Gasteiger charge is -2.33. The Morgan fingerprint density at radius 3 is 2.37 bits per heavy atom. The third-order valence-electron chi connectivity index (χ3n) is 6.30. The molecule has 38 heavy (non-hydrogen) atoms. The van der Waals surface area contributed by atoms with Crippen LogP contribution < -0.4 is 9.64 Å². The number of pyridine rings is 1. The number of alkyl halides is 5. The van der Waals surface area contributed by atoms with E-state index in [-0.39, 0.29) is 28.6 Å². The van der Waals surface area contributed by atoms with Crippen molar-refractivity contribution in [1.29, 1.82) is 0 Å². The zero-order valence-corrected chi connectivity index (χ0v) is 24.3. The second kappa shape index (κ2) is 12.8. The van der Waals surface area contributed by atoms with E-state index in [1.807, 2.05) is 0 Å². The van der Waals surface area contributed by atoms with E-state index >= 15 is 4.39 Å². The fraction of sp³-hybridized carbons (Fsp3) is 0.500. The number of esters is 1. The van der Waals surface area contributed by atoms with E-state index in [2.05, 4.69) is 36.8 Å². The number of methoxy groups -OCH3 is 1. The molecule has 6 nitrogen and oxygen atoms in total. The summed E-state index contributed by atoms with van der Waals surface area (Å²) in [5, 5.41) is 0.330. The normalized spacial score (nSPS) is 15.3. The van der Waals surface area contributed by atoms with Crippen molar-refractivity contribution >= 4 is 49.4 Å². The Morgan fingerprint density at radius 2 is 1.82 bits per heavy atom.